The summed E-state index contributed by atoms with van der Waals surface area (Å²) in [6, 6.07) is 4.46. The van der Waals surface area contributed by atoms with Crippen LogP contribution in [0.25, 0.3) is 0 Å². The van der Waals surface area contributed by atoms with Gasteiger partial charge in [-0.3, -0.25) is 4.79 Å². The molecule has 0 aromatic heterocycles. The van der Waals surface area contributed by atoms with Crippen LogP contribution in [0.4, 0.5) is 4.39 Å². The minimum Gasteiger partial charge on any atom is -0.329 e. The molecule has 0 radical (unpaired) electrons. The molecule has 1 aromatic carbocycles. The molecule has 1 aromatic rings. The van der Waals surface area contributed by atoms with Crippen LogP contribution in [0.1, 0.15) is 38.2 Å². The summed E-state index contributed by atoms with van der Waals surface area (Å²) in [6.07, 6.45) is 4.07. The predicted molar refractivity (Wildman–Crippen MR) is 81.9 cm³/mol. The van der Waals surface area contributed by atoms with Crippen molar-refractivity contribution in [1.29, 1.82) is 0 Å². The van der Waals surface area contributed by atoms with Crippen LogP contribution in [0.15, 0.2) is 22.7 Å². The maximum Gasteiger partial charge on any atom is 0.144 e. The summed E-state index contributed by atoms with van der Waals surface area (Å²) in [7, 11) is 0. The van der Waals surface area contributed by atoms with Crippen molar-refractivity contribution in [1.82, 2.24) is 0 Å². The van der Waals surface area contributed by atoms with Gasteiger partial charge in [-0.15, -0.1) is 0 Å². The molecule has 2 nitrogen and oxygen atoms in total. The monoisotopic (exact) mass is 341 g/mol. The first kappa shape index (κ1) is 15.6. The number of carbonyl (C=O) groups is 1. The van der Waals surface area contributed by atoms with Gasteiger partial charge in [-0.25, -0.2) is 4.39 Å². The van der Waals surface area contributed by atoms with Crippen molar-refractivity contribution in [2.24, 2.45) is 17.1 Å². The molecule has 1 fully saturated rings. The molecule has 0 spiro atoms. The topological polar surface area (TPSA) is 43.1 Å². The fourth-order valence-electron chi connectivity index (χ4n) is 2.95. The largest absolute Gasteiger partial charge is 0.329 e. The first-order valence-corrected chi connectivity index (χ1v) is 7.93. The lowest BCUT2D eigenvalue weighted by molar-refractivity contribution is -0.129. The Morgan fingerprint density at radius 3 is 2.70 bits per heavy atom. The van der Waals surface area contributed by atoms with E-state index in [4.69, 9.17) is 5.73 Å². The molecule has 0 saturated heterocycles. The Morgan fingerprint density at radius 1 is 1.45 bits per heavy atom. The molecule has 4 heteroatoms. The van der Waals surface area contributed by atoms with Crippen molar-refractivity contribution < 1.29 is 9.18 Å². The van der Waals surface area contributed by atoms with E-state index in [-0.39, 0.29) is 18.0 Å². The lowest BCUT2D eigenvalue weighted by Gasteiger charge is -2.37. The number of benzene rings is 1. The Labute approximate surface area is 128 Å². The first-order valence-electron chi connectivity index (χ1n) is 7.14. The van der Waals surface area contributed by atoms with E-state index in [1.54, 1.807) is 6.07 Å². The Hall–Kier alpha value is -0.740. The van der Waals surface area contributed by atoms with Gasteiger partial charge in [0.25, 0.3) is 0 Å². The smallest absolute Gasteiger partial charge is 0.144 e. The van der Waals surface area contributed by atoms with Crippen LogP contribution in [0.5, 0.6) is 0 Å². The average molecular weight is 342 g/mol. The van der Waals surface area contributed by atoms with E-state index in [9.17, 15) is 9.18 Å². The number of halogens is 2. The Kier molecular flexibility index (Phi) is 4.97. The van der Waals surface area contributed by atoms with E-state index in [0.717, 1.165) is 30.2 Å². The number of ketones is 1. The van der Waals surface area contributed by atoms with Gasteiger partial charge < -0.3 is 5.73 Å². The zero-order valence-corrected chi connectivity index (χ0v) is 13.4. The lowest BCUT2D eigenvalue weighted by Crippen LogP contribution is -2.42. The van der Waals surface area contributed by atoms with E-state index in [1.807, 2.05) is 0 Å². The van der Waals surface area contributed by atoms with Crippen molar-refractivity contribution in [3.05, 3.63) is 34.1 Å². The maximum atomic E-state index is 13.3. The number of Topliss-reactive ketones (excluding diaryl/α,β-unsaturated/α-hetero) is 1. The van der Waals surface area contributed by atoms with Crippen LogP contribution < -0.4 is 5.73 Å². The molecule has 0 bridgehead atoms. The third-order valence-electron chi connectivity index (χ3n) is 4.57. The average Bonchev–Trinajstić information content (AvgIpc) is 2.44. The molecule has 2 N–H and O–H groups in total. The lowest BCUT2D eigenvalue weighted by atomic mass is 9.67. The Morgan fingerprint density at radius 2 is 2.10 bits per heavy atom. The molecule has 0 amide bonds. The van der Waals surface area contributed by atoms with Gasteiger partial charge in [0.05, 0.1) is 0 Å². The quantitative estimate of drug-likeness (QED) is 0.903. The van der Waals surface area contributed by atoms with Crippen LogP contribution in [0.3, 0.4) is 0 Å². The number of rotatable bonds is 4. The molecule has 110 valence electrons. The Balaban J connectivity index is 2.15. The molecule has 1 aliphatic carbocycles. The van der Waals surface area contributed by atoms with Gasteiger partial charge in [0.15, 0.2) is 0 Å². The van der Waals surface area contributed by atoms with E-state index < -0.39 is 5.41 Å². The van der Waals surface area contributed by atoms with Crippen LogP contribution in [-0.2, 0) is 11.2 Å². The summed E-state index contributed by atoms with van der Waals surface area (Å²) in [5.74, 6) is 0.511. The predicted octanol–water partition coefficient (Wildman–Crippen LogP) is 3.86. The van der Waals surface area contributed by atoms with Gasteiger partial charge in [0.2, 0.25) is 0 Å². The van der Waals surface area contributed by atoms with Crippen LogP contribution in [-0.4, -0.2) is 12.3 Å². The van der Waals surface area contributed by atoms with Crippen LogP contribution in [0, 0.1) is 17.2 Å². The van der Waals surface area contributed by atoms with E-state index in [1.165, 1.54) is 12.1 Å². The van der Waals surface area contributed by atoms with E-state index >= 15 is 0 Å². The highest BCUT2D eigenvalue weighted by molar-refractivity contribution is 9.10. The normalized spacial score (nSPS) is 26.5. The van der Waals surface area contributed by atoms with Crippen molar-refractivity contribution >= 4 is 21.7 Å². The fourth-order valence-corrected chi connectivity index (χ4v) is 3.34. The highest BCUT2D eigenvalue weighted by atomic mass is 79.9. The second-order valence-corrected chi connectivity index (χ2v) is 6.86. The molecule has 0 aliphatic heterocycles. The van der Waals surface area contributed by atoms with Crippen molar-refractivity contribution in [2.45, 2.75) is 39.0 Å². The van der Waals surface area contributed by atoms with Gasteiger partial charge in [-0.2, -0.15) is 0 Å². The second-order valence-electron chi connectivity index (χ2n) is 6.00. The van der Waals surface area contributed by atoms with Crippen molar-refractivity contribution in [3.63, 3.8) is 0 Å². The Bertz CT molecular complexity index is 495. The van der Waals surface area contributed by atoms with Crippen molar-refractivity contribution in [3.8, 4) is 0 Å². The minimum absolute atomic E-state index is 0.151. The third kappa shape index (κ3) is 3.29. The maximum absolute atomic E-state index is 13.3. The number of nitrogens with two attached hydrogens (primary N) is 1. The van der Waals surface area contributed by atoms with Gasteiger partial charge in [-0.05, 0) is 55.4 Å². The molecule has 20 heavy (non-hydrogen) atoms. The van der Waals surface area contributed by atoms with Gasteiger partial charge in [0.1, 0.15) is 11.6 Å². The molecule has 2 rings (SSSR count). The molecule has 1 aliphatic rings. The van der Waals surface area contributed by atoms with Crippen LogP contribution in [0.2, 0.25) is 0 Å². The van der Waals surface area contributed by atoms with Gasteiger partial charge in [0, 0.05) is 22.9 Å². The summed E-state index contributed by atoms with van der Waals surface area (Å²) in [5, 5.41) is 0. The zero-order chi connectivity index (χ0) is 14.8. The molecule has 0 heterocycles. The van der Waals surface area contributed by atoms with Crippen molar-refractivity contribution in [2.75, 3.05) is 6.54 Å². The number of carbonyl (C=O) groups excluding carboxylic acids is 1. The highest BCUT2D eigenvalue weighted by Gasteiger charge is 2.39. The first-order chi connectivity index (χ1) is 9.47. The SMILES string of the molecule is CC1CCC(CN)(C(=O)Cc2cc(F)ccc2Br)CC1. The summed E-state index contributed by atoms with van der Waals surface area (Å²) in [5.41, 5.74) is 6.20. The summed E-state index contributed by atoms with van der Waals surface area (Å²) in [6.45, 7) is 2.61. The zero-order valence-electron chi connectivity index (χ0n) is 11.8. The fraction of sp³-hybridized carbons (Fsp3) is 0.562. The summed E-state index contributed by atoms with van der Waals surface area (Å²) >= 11 is 3.38. The highest BCUT2D eigenvalue weighted by Crippen LogP contribution is 2.40. The van der Waals surface area contributed by atoms with E-state index in [0.29, 0.717) is 18.0 Å². The molecular formula is C16H21BrFNO. The molecule has 0 unspecified atom stereocenters. The minimum atomic E-state index is -0.404. The number of hydrogen-bond acceptors (Lipinski definition) is 2. The van der Waals surface area contributed by atoms with Gasteiger partial charge >= 0.3 is 0 Å². The summed E-state index contributed by atoms with van der Waals surface area (Å²) < 4.78 is 14.1. The molecule has 0 atom stereocenters. The molecular weight excluding hydrogens is 321 g/mol. The van der Waals surface area contributed by atoms with Gasteiger partial charge in [-0.1, -0.05) is 22.9 Å². The second kappa shape index (κ2) is 6.35. The third-order valence-corrected chi connectivity index (χ3v) is 5.35. The van der Waals surface area contributed by atoms with Crippen LogP contribution >= 0.6 is 15.9 Å². The standard InChI is InChI=1S/C16H21BrFNO/c1-11-4-6-16(10-19,7-5-11)15(20)9-12-8-13(18)2-3-14(12)17/h2-3,8,11H,4-7,9-10,19H2,1H3. The summed E-state index contributed by atoms with van der Waals surface area (Å²) in [4.78, 5) is 12.7. The number of hydrogen-bond donors (Lipinski definition) is 1. The van der Waals surface area contributed by atoms with E-state index in [2.05, 4.69) is 22.9 Å². The molecule has 1 saturated carbocycles.